The number of carbonyl (C=O) groups excluding carboxylic acids is 2. The van der Waals surface area contributed by atoms with Gasteiger partial charge in [0.2, 0.25) is 0 Å². The van der Waals surface area contributed by atoms with Crippen LogP contribution in [0.15, 0.2) is 36.4 Å². The lowest BCUT2D eigenvalue weighted by Gasteiger charge is -2.37. The van der Waals surface area contributed by atoms with E-state index in [1.54, 1.807) is 15.9 Å². The smallest absolute Gasteiger partial charge is 0.270 e. The Morgan fingerprint density at radius 1 is 0.941 bits per heavy atom. The Kier molecular flexibility index (Phi) is 7.02. The molecule has 2 aliphatic rings. The summed E-state index contributed by atoms with van der Waals surface area (Å²) in [5, 5.41) is 11.4. The molecule has 0 N–H and O–H groups in total. The van der Waals surface area contributed by atoms with E-state index in [1.165, 1.54) is 24.3 Å². The summed E-state index contributed by atoms with van der Waals surface area (Å²) < 4.78 is 13.3. The van der Waals surface area contributed by atoms with Crippen LogP contribution in [0, 0.1) is 21.8 Å². The Hall–Kier alpha value is -3.20. The highest BCUT2D eigenvalue weighted by atomic mass is 35.5. The van der Waals surface area contributed by atoms with Crippen LogP contribution in [0.4, 0.5) is 15.8 Å². The zero-order chi connectivity index (χ0) is 24.4. The summed E-state index contributed by atoms with van der Waals surface area (Å²) in [6.45, 7) is 4.90. The molecule has 0 bridgehead atoms. The van der Waals surface area contributed by atoms with Gasteiger partial charge in [-0.15, -0.1) is 0 Å². The number of piperidine rings is 1. The van der Waals surface area contributed by atoms with Crippen molar-refractivity contribution in [1.82, 2.24) is 9.80 Å². The minimum absolute atomic E-state index is 0.0422. The van der Waals surface area contributed by atoms with E-state index >= 15 is 0 Å². The van der Waals surface area contributed by atoms with Gasteiger partial charge < -0.3 is 14.7 Å². The topological polar surface area (TPSA) is 87.0 Å². The Labute approximate surface area is 202 Å². The number of non-ortho nitro benzene ring substituents is 1. The standard InChI is InChI=1S/C24H26ClFN4O4/c1-16-6-8-27(9-7-16)22-5-3-18(30(33)34)15-20(22)24(32)29-12-10-28(11-13-29)23(31)19-4-2-17(26)14-21(19)25/h2-5,14-16H,6-13H2,1H3. The number of anilines is 1. The van der Waals surface area contributed by atoms with Crippen LogP contribution in [0.25, 0.3) is 0 Å². The first kappa shape index (κ1) is 23.9. The third-order valence-electron chi connectivity index (χ3n) is 6.56. The first-order valence-corrected chi connectivity index (χ1v) is 11.7. The van der Waals surface area contributed by atoms with E-state index in [9.17, 15) is 24.1 Å². The third-order valence-corrected chi connectivity index (χ3v) is 6.87. The van der Waals surface area contributed by atoms with Gasteiger partial charge >= 0.3 is 0 Å². The summed E-state index contributed by atoms with van der Waals surface area (Å²) in [5.41, 5.74) is 1.10. The summed E-state index contributed by atoms with van der Waals surface area (Å²) in [6.07, 6.45) is 1.99. The van der Waals surface area contributed by atoms with Gasteiger partial charge in [-0.3, -0.25) is 19.7 Å². The SMILES string of the molecule is CC1CCN(c2ccc([N+](=O)[O-])cc2C(=O)N2CCN(C(=O)c3ccc(F)cc3Cl)CC2)CC1. The fourth-order valence-electron chi connectivity index (χ4n) is 4.45. The predicted molar refractivity (Wildman–Crippen MR) is 127 cm³/mol. The molecule has 0 spiro atoms. The van der Waals surface area contributed by atoms with Crippen molar-refractivity contribution >= 4 is 34.8 Å². The van der Waals surface area contributed by atoms with E-state index in [2.05, 4.69) is 11.8 Å². The second-order valence-corrected chi connectivity index (χ2v) is 9.24. The number of hydrogen-bond donors (Lipinski definition) is 0. The molecule has 2 heterocycles. The van der Waals surface area contributed by atoms with Gasteiger partial charge in [-0.05, 0) is 43.0 Å². The van der Waals surface area contributed by atoms with Crippen LogP contribution < -0.4 is 4.90 Å². The van der Waals surface area contributed by atoms with Crippen molar-refractivity contribution < 1.29 is 18.9 Å². The second kappa shape index (κ2) is 9.97. The normalized spacial score (nSPS) is 17.1. The van der Waals surface area contributed by atoms with E-state index in [0.29, 0.717) is 17.2 Å². The summed E-state index contributed by atoms with van der Waals surface area (Å²) in [7, 11) is 0. The van der Waals surface area contributed by atoms with E-state index in [0.717, 1.165) is 32.0 Å². The van der Waals surface area contributed by atoms with Gasteiger partial charge in [0.15, 0.2) is 0 Å². The minimum Gasteiger partial charge on any atom is -0.371 e. The number of amides is 2. The third kappa shape index (κ3) is 4.99. The van der Waals surface area contributed by atoms with Crippen LogP contribution >= 0.6 is 11.6 Å². The molecule has 2 aromatic rings. The average molecular weight is 489 g/mol. The number of hydrogen-bond acceptors (Lipinski definition) is 5. The molecular weight excluding hydrogens is 463 g/mol. The number of nitrogens with zero attached hydrogens (tertiary/aromatic N) is 4. The van der Waals surface area contributed by atoms with Gasteiger partial charge in [-0.25, -0.2) is 4.39 Å². The Bertz CT molecular complexity index is 1110. The lowest BCUT2D eigenvalue weighted by atomic mass is 9.97. The van der Waals surface area contributed by atoms with Crippen molar-refractivity contribution in [2.75, 3.05) is 44.2 Å². The van der Waals surface area contributed by atoms with Crippen molar-refractivity contribution in [2.45, 2.75) is 19.8 Å². The number of piperazine rings is 1. The monoisotopic (exact) mass is 488 g/mol. The largest absolute Gasteiger partial charge is 0.371 e. The quantitative estimate of drug-likeness (QED) is 0.475. The molecule has 2 fully saturated rings. The van der Waals surface area contributed by atoms with Gasteiger partial charge in [-0.2, -0.15) is 0 Å². The zero-order valence-corrected chi connectivity index (χ0v) is 19.6. The molecule has 8 nitrogen and oxygen atoms in total. The van der Waals surface area contributed by atoms with Crippen molar-refractivity contribution in [3.8, 4) is 0 Å². The number of halogens is 2. The fourth-order valence-corrected chi connectivity index (χ4v) is 4.70. The highest BCUT2D eigenvalue weighted by Crippen LogP contribution is 2.30. The van der Waals surface area contributed by atoms with E-state index in [4.69, 9.17) is 11.6 Å². The van der Waals surface area contributed by atoms with Gasteiger partial charge in [0.05, 0.1) is 26.8 Å². The van der Waals surface area contributed by atoms with Crippen molar-refractivity contribution in [2.24, 2.45) is 5.92 Å². The zero-order valence-electron chi connectivity index (χ0n) is 18.9. The number of rotatable bonds is 4. The highest BCUT2D eigenvalue weighted by Gasteiger charge is 2.30. The van der Waals surface area contributed by atoms with Crippen LogP contribution in [-0.2, 0) is 0 Å². The molecule has 0 unspecified atom stereocenters. The maximum absolute atomic E-state index is 13.5. The number of nitro groups is 1. The van der Waals surface area contributed by atoms with Crippen LogP contribution in [0.3, 0.4) is 0 Å². The Morgan fingerprint density at radius 2 is 1.53 bits per heavy atom. The lowest BCUT2D eigenvalue weighted by Crippen LogP contribution is -2.51. The van der Waals surface area contributed by atoms with Crippen molar-refractivity contribution in [3.63, 3.8) is 0 Å². The lowest BCUT2D eigenvalue weighted by molar-refractivity contribution is -0.384. The van der Waals surface area contributed by atoms with E-state index in [-0.39, 0.29) is 54.3 Å². The van der Waals surface area contributed by atoms with Gasteiger partial charge in [-0.1, -0.05) is 18.5 Å². The molecular formula is C24H26ClFN4O4. The van der Waals surface area contributed by atoms with Crippen LogP contribution in [-0.4, -0.2) is 65.8 Å². The van der Waals surface area contributed by atoms with E-state index < -0.39 is 10.7 Å². The first-order chi connectivity index (χ1) is 16.2. The highest BCUT2D eigenvalue weighted by molar-refractivity contribution is 6.33. The molecule has 2 saturated heterocycles. The van der Waals surface area contributed by atoms with Crippen LogP contribution in [0.2, 0.25) is 5.02 Å². The van der Waals surface area contributed by atoms with Gasteiger partial charge in [0.1, 0.15) is 5.82 Å². The van der Waals surface area contributed by atoms with Crippen LogP contribution in [0.5, 0.6) is 0 Å². The summed E-state index contributed by atoms with van der Waals surface area (Å²) in [5.74, 6) is -0.527. The Balaban J connectivity index is 1.50. The maximum Gasteiger partial charge on any atom is 0.270 e. The molecule has 2 aromatic carbocycles. The molecule has 0 radical (unpaired) electrons. The molecule has 2 aliphatic heterocycles. The van der Waals surface area contributed by atoms with Gasteiger partial charge in [0, 0.05) is 51.4 Å². The van der Waals surface area contributed by atoms with Crippen LogP contribution in [0.1, 0.15) is 40.5 Å². The predicted octanol–water partition coefficient (Wildman–Crippen LogP) is 4.22. The molecule has 34 heavy (non-hydrogen) atoms. The van der Waals surface area contributed by atoms with Gasteiger partial charge in [0.25, 0.3) is 17.5 Å². The number of nitro benzene ring substituents is 1. The molecule has 180 valence electrons. The van der Waals surface area contributed by atoms with E-state index in [1.807, 2.05) is 0 Å². The molecule has 10 heteroatoms. The molecule has 2 amide bonds. The summed E-state index contributed by atoms with van der Waals surface area (Å²) >= 11 is 6.03. The number of benzene rings is 2. The molecule has 0 aliphatic carbocycles. The summed E-state index contributed by atoms with van der Waals surface area (Å²) in [6, 6.07) is 8.09. The van der Waals surface area contributed by atoms with Crippen molar-refractivity contribution in [1.29, 1.82) is 0 Å². The first-order valence-electron chi connectivity index (χ1n) is 11.3. The second-order valence-electron chi connectivity index (χ2n) is 8.84. The van der Waals surface area contributed by atoms with Crippen molar-refractivity contribution in [3.05, 3.63) is 68.5 Å². The average Bonchev–Trinajstić information content (AvgIpc) is 2.83. The molecule has 0 atom stereocenters. The molecule has 0 aromatic heterocycles. The Morgan fingerprint density at radius 3 is 2.09 bits per heavy atom. The number of carbonyl (C=O) groups is 2. The summed E-state index contributed by atoms with van der Waals surface area (Å²) in [4.78, 5) is 42.5. The molecule has 0 saturated carbocycles. The maximum atomic E-state index is 13.5. The minimum atomic E-state index is -0.520. The fraction of sp³-hybridized carbons (Fsp3) is 0.417. The molecule has 4 rings (SSSR count).